The minimum atomic E-state index is -3.93. The van der Waals surface area contributed by atoms with Crippen LogP contribution in [-0.2, 0) is 25.8 Å². The van der Waals surface area contributed by atoms with Gasteiger partial charge in [-0.3, -0.25) is 9.59 Å². The van der Waals surface area contributed by atoms with E-state index in [9.17, 15) is 22.4 Å². The fourth-order valence-electron chi connectivity index (χ4n) is 3.08. The van der Waals surface area contributed by atoms with Crippen LogP contribution < -0.4 is 15.4 Å². The summed E-state index contributed by atoms with van der Waals surface area (Å²) in [6.45, 7) is -0.0637. The third kappa shape index (κ3) is 6.39. The molecule has 0 saturated carbocycles. The molecule has 1 atom stereocenters. The van der Waals surface area contributed by atoms with Crippen LogP contribution in [0.3, 0.4) is 0 Å². The van der Waals surface area contributed by atoms with Gasteiger partial charge in [-0.05, 0) is 59.8 Å². The van der Waals surface area contributed by atoms with Crippen molar-refractivity contribution in [2.75, 3.05) is 20.2 Å². The summed E-state index contributed by atoms with van der Waals surface area (Å²) in [5, 5.41) is 5.54. The molecule has 0 aliphatic rings. The van der Waals surface area contributed by atoms with Crippen LogP contribution >= 0.6 is 11.3 Å². The first-order valence-corrected chi connectivity index (χ1v) is 12.5. The van der Waals surface area contributed by atoms with Gasteiger partial charge in [0.05, 0.1) is 12.0 Å². The molecule has 3 aromatic rings. The van der Waals surface area contributed by atoms with Crippen LogP contribution in [0.15, 0.2) is 70.9 Å². The van der Waals surface area contributed by atoms with E-state index >= 15 is 0 Å². The van der Waals surface area contributed by atoms with Crippen LogP contribution in [0.4, 0.5) is 4.39 Å². The van der Waals surface area contributed by atoms with Gasteiger partial charge in [0.2, 0.25) is 0 Å². The molecule has 2 N–H and O–H groups in total. The second-order valence-corrected chi connectivity index (χ2v) is 10.2. The Morgan fingerprint density at radius 1 is 1.00 bits per heavy atom. The van der Waals surface area contributed by atoms with Gasteiger partial charge in [-0.25, -0.2) is 12.8 Å². The molecule has 0 radical (unpaired) electrons. The summed E-state index contributed by atoms with van der Waals surface area (Å²) in [6.07, 6.45) is 0.514. The molecule has 7 nitrogen and oxygen atoms in total. The minimum Gasteiger partial charge on any atom is -0.497 e. The van der Waals surface area contributed by atoms with Crippen LogP contribution in [0, 0.1) is 5.82 Å². The molecule has 1 aromatic heterocycles. The molecule has 0 bridgehead atoms. The first-order chi connectivity index (χ1) is 15.8. The summed E-state index contributed by atoms with van der Waals surface area (Å²) in [6, 6.07) is 15.1. The SMILES string of the molecule is COc1ccc(CCNC(=O)C(=O)NCC(c2cccs2)S(=O)(=O)c2ccc(F)cc2)cc1. The maximum absolute atomic E-state index is 13.2. The van der Waals surface area contributed by atoms with Crippen molar-refractivity contribution < 1.29 is 27.1 Å². The van der Waals surface area contributed by atoms with Crippen molar-refractivity contribution in [3.63, 3.8) is 0 Å². The number of sulfone groups is 1. The summed E-state index contributed by atoms with van der Waals surface area (Å²) < 4.78 is 44.6. The quantitative estimate of drug-likeness (QED) is 0.355. The van der Waals surface area contributed by atoms with E-state index < -0.39 is 32.7 Å². The minimum absolute atomic E-state index is 0.0690. The molecule has 3 rings (SSSR count). The Hall–Kier alpha value is -3.24. The fraction of sp³-hybridized carbons (Fsp3) is 0.217. The Bertz CT molecular complexity index is 1180. The zero-order chi connectivity index (χ0) is 23.8. The van der Waals surface area contributed by atoms with E-state index in [1.165, 1.54) is 23.5 Å². The Balaban J connectivity index is 1.60. The molecule has 0 saturated heterocycles. The largest absolute Gasteiger partial charge is 0.497 e. The van der Waals surface area contributed by atoms with E-state index in [-0.39, 0.29) is 18.0 Å². The summed E-state index contributed by atoms with van der Waals surface area (Å²) in [5.41, 5.74) is 0.958. The monoisotopic (exact) mass is 490 g/mol. The number of benzene rings is 2. The average Bonchev–Trinajstić information content (AvgIpc) is 3.34. The first kappa shape index (κ1) is 24.4. The number of methoxy groups -OCH3 is 1. The van der Waals surface area contributed by atoms with E-state index in [0.29, 0.717) is 11.3 Å². The number of nitrogens with one attached hydrogen (secondary N) is 2. The summed E-state index contributed by atoms with van der Waals surface area (Å²) in [7, 11) is -2.36. The number of amides is 2. The van der Waals surface area contributed by atoms with Crippen LogP contribution in [0.5, 0.6) is 5.75 Å². The lowest BCUT2D eigenvalue weighted by molar-refractivity contribution is -0.139. The highest BCUT2D eigenvalue weighted by molar-refractivity contribution is 7.91. The molecule has 0 aliphatic heterocycles. The maximum atomic E-state index is 13.2. The zero-order valence-electron chi connectivity index (χ0n) is 17.8. The van der Waals surface area contributed by atoms with E-state index in [0.717, 1.165) is 23.4 Å². The lowest BCUT2D eigenvalue weighted by Gasteiger charge is -2.17. The molecule has 0 fully saturated rings. The second kappa shape index (κ2) is 11.1. The van der Waals surface area contributed by atoms with Gasteiger partial charge >= 0.3 is 11.8 Å². The fourth-order valence-corrected chi connectivity index (χ4v) is 5.87. The normalized spacial score (nSPS) is 12.1. The van der Waals surface area contributed by atoms with Gasteiger partial charge < -0.3 is 15.4 Å². The van der Waals surface area contributed by atoms with Gasteiger partial charge in [-0.15, -0.1) is 11.3 Å². The molecule has 33 heavy (non-hydrogen) atoms. The lowest BCUT2D eigenvalue weighted by Crippen LogP contribution is -2.42. The average molecular weight is 491 g/mol. The Kier molecular flexibility index (Phi) is 8.18. The number of thiophene rings is 1. The molecular weight excluding hydrogens is 467 g/mol. The lowest BCUT2D eigenvalue weighted by atomic mass is 10.1. The highest BCUT2D eigenvalue weighted by Crippen LogP contribution is 2.31. The Morgan fingerprint density at radius 2 is 1.67 bits per heavy atom. The molecule has 2 aromatic carbocycles. The van der Waals surface area contributed by atoms with Crippen molar-refractivity contribution >= 4 is 33.0 Å². The molecular formula is C23H23FN2O5S2. The maximum Gasteiger partial charge on any atom is 0.309 e. The Morgan fingerprint density at radius 3 is 2.27 bits per heavy atom. The molecule has 0 aliphatic carbocycles. The van der Waals surface area contributed by atoms with Crippen molar-refractivity contribution in [2.45, 2.75) is 16.6 Å². The number of hydrogen-bond donors (Lipinski definition) is 2. The van der Waals surface area contributed by atoms with Crippen molar-refractivity contribution in [3.05, 3.63) is 82.3 Å². The highest BCUT2D eigenvalue weighted by atomic mass is 32.2. The van der Waals surface area contributed by atoms with Crippen LogP contribution in [-0.4, -0.2) is 40.4 Å². The van der Waals surface area contributed by atoms with Crippen LogP contribution in [0.1, 0.15) is 15.7 Å². The van der Waals surface area contributed by atoms with Gasteiger partial charge in [0.25, 0.3) is 0 Å². The number of carbonyl (C=O) groups is 2. The number of carbonyl (C=O) groups excluding carboxylic acids is 2. The zero-order valence-corrected chi connectivity index (χ0v) is 19.4. The van der Waals surface area contributed by atoms with Gasteiger partial charge in [-0.2, -0.15) is 0 Å². The molecule has 2 amide bonds. The first-order valence-electron chi connectivity index (χ1n) is 10.0. The highest BCUT2D eigenvalue weighted by Gasteiger charge is 2.31. The summed E-state index contributed by atoms with van der Waals surface area (Å²) >= 11 is 1.22. The van der Waals surface area contributed by atoms with E-state index in [2.05, 4.69) is 10.6 Å². The number of rotatable bonds is 9. The van der Waals surface area contributed by atoms with Gasteiger partial charge in [0.1, 0.15) is 16.8 Å². The number of ether oxygens (including phenoxy) is 1. The van der Waals surface area contributed by atoms with Crippen molar-refractivity contribution in [1.82, 2.24) is 10.6 Å². The molecule has 1 unspecified atom stereocenters. The number of hydrogen-bond acceptors (Lipinski definition) is 6. The smallest absolute Gasteiger partial charge is 0.309 e. The van der Waals surface area contributed by atoms with Gasteiger partial charge in [-0.1, -0.05) is 18.2 Å². The predicted molar refractivity (Wildman–Crippen MR) is 123 cm³/mol. The number of halogens is 1. The second-order valence-electron chi connectivity index (χ2n) is 7.07. The topological polar surface area (TPSA) is 102 Å². The van der Waals surface area contributed by atoms with Crippen molar-refractivity contribution in [1.29, 1.82) is 0 Å². The third-order valence-electron chi connectivity index (χ3n) is 4.89. The molecule has 10 heteroatoms. The molecule has 0 spiro atoms. The standard InChI is InChI=1S/C23H23FN2O5S2/c1-31-18-8-4-16(5-9-18)12-13-25-22(27)23(28)26-15-21(20-3-2-14-32-20)33(29,30)19-10-6-17(24)7-11-19/h2-11,14,21H,12-13,15H2,1H3,(H,25,27)(H,26,28). The van der Waals surface area contributed by atoms with Crippen LogP contribution in [0.2, 0.25) is 0 Å². The predicted octanol–water partition coefficient (Wildman–Crippen LogP) is 2.89. The molecule has 1 heterocycles. The summed E-state index contributed by atoms with van der Waals surface area (Å²) in [5.74, 6) is -1.62. The van der Waals surface area contributed by atoms with E-state index in [4.69, 9.17) is 4.74 Å². The summed E-state index contributed by atoms with van der Waals surface area (Å²) in [4.78, 5) is 24.9. The molecule has 174 valence electrons. The van der Waals surface area contributed by atoms with Gasteiger partial charge in [0.15, 0.2) is 9.84 Å². The van der Waals surface area contributed by atoms with Crippen molar-refractivity contribution in [3.8, 4) is 5.75 Å². The van der Waals surface area contributed by atoms with Crippen LogP contribution in [0.25, 0.3) is 0 Å². The third-order valence-corrected chi connectivity index (χ3v) is 8.12. The van der Waals surface area contributed by atoms with Gasteiger partial charge in [0, 0.05) is 18.0 Å². The van der Waals surface area contributed by atoms with E-state index in [1.807, 2.05) is 12.1 Å². The Labute approximate surface area is 195 Å². The van der Waals surface area contributed by atoms with E-state index in [1.54, 1.807) is 36.8 Å². The van der Waals surface area contributed by atoms with Crippen molar-refractivity contribution in [2.24, 2.45) is 0 Å².